The second-order valence-corrected chi connectivity index (χ2v) is 9.44. The molecule has 1 fully saturated rings. The quantitative estimate of drug-likeness (QED) is 0.703. The van der Waals surface area contributed by atoms with Crippen molar-refractivity contribution in [1.29, 1.82) is 0 Å². The van der Waals surface area contributed by atoms with Gasteiger partial charge in [-0.25, -0.2) is 12.8 Å². The summed E-state index contributed by atoms with van der Waals surface area (Å²) in [6.45, 7) is 0.318. The van der Waals surface area contributed by atoms with E-state index in [0.717, 1.165) is 0 Å². The van der Waals surface area contributed by atoms with Crippen LogP contribution in [0.25, 0.3) is 0 Å². The number of anilines is 1. The monoisotopic (exact) mass is 464 g/mol. The van der Waals surface area contributed by atoms with Crippen LogP contribution in [0.2, 0.25) is 15.1 Å². The predicted octanol–water partition coefficient (Wildman–Crippen LogP) is 4.83. The van der Waals surface area contributed by atoms with Gasteiger partial charge in [0, 0.05) is 24.7 Å². The van der Waals surface area contributed by atoms with Gasteiger partial charge < -0.3 is 5.32 Å². The van der Waals surface area contributed by atoms with E-state index >= 15 is 0 Å². The first-order valence-corrected chi connectivity index (χ1v) is 11.0. The van der Waals surface area contributed by atoms with Gasteiger partial charge in [0.2, 0.25) is 15.9 Å². The molecule has 1 aliphatic heterocycles. The van der Waals surface area contributed by atoms with Crippen molar-refractivity contribution >= 4 is 56.4 Å². The molecule has 0 atom stereocenters. The topological polar surface area (TPSA) is 66.5 Å². The summed E-state index contributed by atoms with van der Waals surface area (Å²) in [5.41, 5.74) is 0.384. The van der Waals surface area contributed by atoms with Crippen LogP contribution in [0.3, 0.4) is 0 Å². The van der Waals surface area contributed by atoms with Crippen LogP contribution in [0.5, 0.6) is 0 Å². The fourth-order valence-corrected chi connectivity index (χ4v) is 5.78. The maximum absolute atomic E-state index is 13.2. The number of hydrogen-bond donors (Lipinski definition) is 1. The van der Waals surface area contributed by atoms with Gasteiger partial charge in [-0.1, -0.05) is 40.9 Å². The maximum atomic E-state index is 13.2. The molecule has 3 rings (SSSR count). The Balaban J connectivity index is 1.67. The summed E-state index contributed by atoms with van der Waals surface area (Å²) in [6, 6.07) is 8.41. The Labute approximate surface area is 177 Å². The molecule has 5 nitrogen and oxygen atoms in total. The van der Waals surface area contributed by atoms with Crippen LogP contribution in [0.15, 0.2) is 41.3 Å². The van der Waals surface area contributed by atoms with E-state index in [1.807, 2.05) is 0 Å². The molecule has 1 saturated heterocycles. The molecule has 0 unspecified atom stereocenters. The van der Waals surface area contributed by atoms with Gasteiger partial charge in [-0.2, -0.15) is 4.31 Å². The van der Waals surface area contributed by atoms with E-state index in [4.69, 9.17) is 34.8 Å². The molecular weight excluding hydrogens is 450 g/mol. The summed E-state index contributed by atoms with van der Waals surface area (Å²) in [6.07, 6.45) is 0.671. The molecule has 1 N–H and O–H groups in total. The van der Waals surface area contributed by atoms with Crippen molar-refractivity contribution in [2.24, 2.45) is 5.92 Å². The summed E-state index contributed by atoms with van der Waals surface area (Å²) in [4.78, 5) is 12.3. The molecule has 0 radical (unpaired) electrons. The third kappa shape index (κ3) is 4.44. The van der Waals surface area contributed by atoms with Crippen molar-refractivity contribution in [3.8, 4) is 0 Å². The van der Waals surface area contributed by atoms with E-state index in [1.54, 1.807) is 6.07 Å². The number of hydrogen-bond acceptors (Lipinski definition) is 3. The normalized spacial score (nSPS) is 16.1. The zero-order chi connectivity index (χ0) is 20.5. The first kappa shape index (κ1) is 21.3. The van der Waals surface area contributed by atoms with Crippen LogP contribution in [0, 0.1) is 11.7 Å². The average molecular weight is 466 g/mol. The molecule has 0 aliphatic carbocycles. The number of halogens is 4. The van der Waals surface area contributed by atoms with E-state index in [2.05, 4.69) is 5.32 Å². The Morgan fingerprint density at radius 2 is 1.64 bits per heavy atom. The highest BCUT2D eigenvalue weighted by Gasteiger charge is 2.34. The van der Waals surface area contributed by atoms with Crippen LogP contribution in [-0.2, 0) is 14.8 Å². The summed E-state index contributed by atoms with van der Waals surface area (Å²) >= 11 is 17.8. The van der Waals surface area contributed by atoms with Gasteiger partial charge >= 0.3 is 0 Å². The van der Waals surface area contributed by atoms with Crippen LogP contribution in [0.4, 0.5) is 10.1 Å². The predicted molar refractivity (Wildman–Crippen MR) is 108 cm³/mol. The second kappa shape index (κ2) is 8.55. The van der Waals surface area contributed by atoms with Gasteiger partial charge in [0.1, 0.15) is 10.7 Å². The number of sulfonamides is 1. The molecule has 1 amide bonds. The zero-order valence-corrected chi connectivity index (χ0v) is 17.5. The number of nitrogens with zero attached hydrogens (tertiary/aromatic N) is 1. The molecule has 1 aliphatic rings. The van der Waals surface area contributed by atoms with Crippen molar-refractivity contribution in [2.45, 2.75) is 17.7 Å². The van der Waals surface area contributed by atoms with Crippen LogP contribution in [-0.4, -0.2) is 31.7 Å². The molecule has 2 aromatic carbocycles. The Hall–Kier alpha value is -1.38. The van der Waals surface area contributed by atoms with Crippen LogP contribution in [0.1, 0.15) is 12.8 Å². The molecule has 28 heavy (non-hydrogen) atoms. The third-order valence-corrected chi connectivity index (χ3v) is 7.67. The van der Waals surface area contributed by atoms with E-state index in [9.17, 15) is 17.6 Å². The van der Waals surface area contributed by atoms with Gasteiger partial charge in [0.05, 0.1) is 15.1 Å². The van der Waals surface area contributed by atoms with Crippen molar-refractivity contribution < 1.29 is 17.6 Å². The zero-order valence-electron chi connectivity index (χ0n) is 14.5. The van der Waals surface area contributed by atoms with E-state index in [0.29, 0.717) is 18.5 Å². The lowest BCUT2D eigenvalue weighted by molar-refractivity contribution is -0.120. The minimum atomic E-state index is -3.86. The molecule has 0 aromatic heterocycles. The minimum Gasteiger partial charge on any atom is -0.326 e. The van der Waals surface area contributed by atoms with Crippen molar-refractivity contribution in [3.63, 3.8) is 0 Å². The maximum Gasteiger partial charge on any atom is 0.246 e. The SMILES string of the molecule is O=C(Nc1ccc(F)c(Cl)c1)C1CCN(S(=O)(=O)c2c(Cl)cccc2Cl)CC1. The molecule has 2 aromatic rings. The number of nitrogens with one attached hydrogen (secondary N) is 1. The van der Waals surface area contributed by atoms with Gasteiger partial charge in [-0.15, -0.1) is 0 Å². The average Bonchev–Trinajstić information content (AvgIpc) is 2.64. The molecule has 0 bridgehead atoms. The Morgan fingerprint density at radius 3 is 2.21 bits per heavy atom. The first-order valence-electron chi connectivity index (χ1n) is 8.40. The molecule has 1 heterocycles. The Morgan fingerprint density at radius 1 is 1.04 bits per heavy atom. The van der Waals surface area contributed by atoms with Gasteiger partial charge in [-0.05, 0) is 43.2 Å². The number of carbonyl (C=O) groups excluding carboxylic acids is 1. The highest BCUT2D eigenvalue weighted by atomic mass is 35.5. The molecule has 0 saturated carbocycles. The third-order valence-electron chi connectivity index (χ3n) is 4.53. The van der Waals surface area contributed by atoms with Crippen molar-refractivity contribution in [1.82, 2.24) is 4.31 Å². The lowest BCUT2D eigenvalue weighted by atomic mass is 9.97. The molecular formula is C18H16Cl3FN2O3S. The minimum absolute atomic E-state index is 0.0561. The van der Waals surface area contributed by atoms with Crippen molar-refractivity contribution in [3.05, 3.63) is 57.3 Å². The highest BCUT2D eigenvalue weighted by molar-refractivity contribution is 7.89. The lowest BCUT2D eigenvalue weighted by Crippen LogP contribution is -2.41. The number of piperidine rings is 1. The smallest absolute Gasteiger partial charge is 0.246 e. The number of carbonyl (C=O) groups is 1. The molecule has 150 valence electrons. The second-order valence-electron chi connectivity index (χ2n) is 6.35. The number of rotatable bonds is 4. The van der Waals surface area contributed by atoms with E-state index in [-0.39, 0.29) is 44.9 Å². The Bertz CT molecular complexity index is 989. The fraction of sp³-hybridized carbons (Fsp3) is 0.278. The standard InChI is InChI=1S/C18H16Cl3FN2O3S/c19-13-2-1-3-14(20)17(13)28(26,27)24-8-6-11(7-9-24)18(25)23-12-4-5-16(22)15(21)10-12/h1-5,10-11H,6-9H2,(H,23,25). The first-order chi connectivity index (χ1) is 13.2. The van der Waals surface area contributed by atoms with E-state index < -0.39 is 15.8 Å². The van der Waals surface area contributed by atoms with Gasteiger partial charge in [0.25, 0.3) is 0 Å². The highest BCUT2D eigenvalue weighted by Crippen LogP contribution is 2.33. The van der Waals surface area contributed by atoms with Crippen LogP contribution < -0.4 is 5.32 Å². The summed E-state index contributed by atoms with van der Waals surface area (Å²) in [5, 5.41) is 2.71. The summed E-state index contributed by atoms with van der Waals surface area (Å²) < 4.78 is 40.2. The summed E-state index contributed by atoms with van der Waals surface area (Å²) in [5.74, 6) is -1.22. The van der Waals surface area contributed by atoms with Gasteiger partial charge in [0.15, 0.2) is 0 Å². The lowest BCUT2D eigenvalue weighted by Gasteiger charge is -2.31. The Kier molecular flexibility index (Phi) is 6.51. The molecule has 10 heteroatoms. The fourth-order valence-electron chi connectivity index (χ4n) is 3.03. The van der Waals surface area contributed by atoms with Crippen LogP contribution >= 0.6 is 34.8 Å². The molecule has 0 spiro atoms. The van der Waals surface area contributed by atoms with E-state index in [1.165, 1.54) is 34.6 Å². The number of benzene rings is 2. The van der Waals surface area contributed by atoms with Gasteiger partial charge in [-0.3, -0.25) is 4.79 Å². The summed E-state index contributed by atoms with van der Waals surface area (Å²) in [7, 11) is -3.86. The largest absolute Gasteiger partial charge is 0.326 e. The van der Waals surface area contributed by atoms with Crippen molar-refractivity contribution in [2.75, 3.05) is 18.4 Å². The number of amides is 1.